The highest BCUT2D eigenvalue weighted by Crippen LogP contribution is 2.32. The summed E-state index contributed by atoms with van der Waals surface area (Å²) in [6.07, 6.45) is 8.09. The van der Waals surface area contributed by atoms with Gasteiger partial charge in [-0.15, -0.1) is 0 Å². The molecule has 9 nitrogen and oxygen atoms in total. The Morgan fingerprint density at radius 1 is 0.895 bits per heavy atom. The number of piperidine rings is 1. The molecule has 2 saturated heterocycles. The molecular weight excluding hydrogens is 480 g/mol. The fourth-order valence-electron chi connectivity index (χ4n) is 5.91. The van der Waals surface area contributed by atoms with E-state index in [9.17, 15) is 14.4 Å². The topological polar surface area (TPSA) is 98.7 Å². The van der Waals surface area contributed by atoms with E-state index in [1.165, 1.54) is 0 Å². The first kappa shape index (κ1) is 24.4. The molecule has 0 saturated carbocycles. The lowest BCUT2D eigenvalue weighted by molar-refractivity contribution is -0.136. The Balaban J connectivity index is 1.15. The molecule has 0 spiro atoms. The molecule has 38 heavy (non-hydrogen) atoms. The molecule has 1 atom stereocenters. The first-order chi connectivity index (χ1) is 18.6. The van der Waals surface area contributed by atoms with Crippen LogP contribution in [0.1, 0.15) is 51.5 Å². The summed E-state index contributed by atoms with van der Waals surface area (Å²) in [5.74, 6) is -0.779. The predicted molar refractivity (Wildman–Crippen MR) is 140 cm³/mol. The molecule has 3 aromatic rings. The summed E-state index contributed by atoms with van der Waals surface area (Å²) < 4.78 is 0. The Kier molecular flexibility index (Phi) is 6.70. The molecule has 0 bridgehead atoms. The lowest BCUT2D eigenvalue weighted by Crippen LogP contribution is -2.52. The normalized spacial score (nSPS) is 20.6. The van der Waals surface area contributed by atoms with Crippen LogP contribution in [0, 0.1) is 0 Å². The van der Waals surface area contributed by atoms with Crippen molar-refractivity contribution in [2.45, 2.75) is 38.0 Å². The van der Waals surface area contributed by atoms with Crippen LogP contribution in [-0.2, 0) is 22.7 Å². The van der Waals surface area contributed by atoms with Crippen molar-refractivity contribution in [3.63, 3.8) is 0 Å². The highest BCUT2D eigenvalue weighted by Gasteiger charge is 2.40. The smallest absolute Gasteiger partial charge is 0.255 e. The third-order valence-electron chi connectivity index (χ3n) is 7.85. The number of fused-ring (bicyclic) bond motifs is 1. The monoisotopic (exact) mass is 510 g/mol. The number of hydrogen-bond acceptors (Lipinski definition) is 7. The summed E-state index contributed by atoms with van der Waals surface area (Å²) in [6.45, 7) is 4.73. The molecule has 3 amide bonds. The van der Waals surface area contributed by atoms with Crippen LogP contribution in [-0.4, -0.2) is 74.6 Å². The SMILES string of the molecule is O=C1CCC(N2Cc3c(CN4CCN(C(c5cccnc5)c5cccnc5)CC4)cccc3C2=O)C(=O)N1. The van der Waals surface area contributed by atoms with Gasteiger partial charge in [0.15, 0.2) is 0 Å². The zero-order chi connectivity index (χ0) is 26.1. The number of rotatable bonds is 6. The van der Waals surface area contributed by atoms with E-state index in [1.807, 2.05) is 36.7 Å². The van der Waals surface area contributed by atoms with Crippen LogP contribution in [0.4, 0.5) is 0 Å². The van der Waals surface area contributed by atoms with Crippen LogP contribution in [0.5, 0.6) is 0 Å². The van der Waals surface area contributed by atoms with Crippen LogP contribution in [0.25, 0.3) is 0 Å². The van der Waals surface area contributed by atoms with Gasteiger partial charge in [-0.25, -0.2) is 0 Å². The summed E-state index contributed by atoms with van der Waals surface area (Å²) in [5, 5.41) is 2.38. The van der Waals surface area contributed by atoms with E-state index in [0.717, 1.165) is 55.0 Å². The van der Waals surface area contributed by atoms with Gasteiger partial charge in [-0.1, -0.05) is 24.3 Å². The van der Waals surface area contributed by atoms with E-state index < -0.39 is 6.04 Å². The molecule has 3 aliphatic heterocycles. The first-order valence-electron chi connectivity index (χ1n) is 13.1. The zero-order valence-corrected chi connectivity index (χ0v) is 21.1. The van der Waals surface area contributed by atoms with E-state index in [2.05, 4.69) is 43.3 Å². The quantitative estimate of drug-likeness (QED) is 0.508. The van der Waals surface area contributed by atoms with Crippen molar-refractivity contribution in [3.8, 4) is 0 Å². The fraction of sp³-hybridized carbons (Fsp3) is 0.345. The Labute approximate surface area is 221 Å². The number of piperazine rings is 1. The number of carbonyl (C=O) groups excluding carboxylic acids is 3. The molecule has 9 heteroatoms. The third kappa shape index (κ3) is 4.70. The van der Waals surface area contributed by atoms with Crippen LogP contribution in [0.15, 0.2) is 67.3 Å². The minimum absolute atomic E-state index is 0.0974. The fourth-order valence-corrected chi connectivity index (χ4v) is 5.91. The maximum absolute atomic E-state index is 13.2. The van der Waals surface area contributed by atoms with Crippen molar-refractivity contribution in [2.75, 3.05) is 26.2 Å². The van der Waals surface area contributed by atoms with Gasteiger partial charge in [0, 0.05) is 76.0 Å². The van der Waals surface area contributed by atoms with E-state index in [0.29, 0.717) is 18.5 Å². The van der Waals surface area contributed by atoms with Crippen LogP contribution in [0.2, 0.25) is 0 Å². The maximum Gasteiger partial charge on any atom is 0.255 e. The van der Waals surface area contributed by atoms with Crippen LogP contribution in [0.3, 0.4) is 0 Å². The highest BCUT2D eigenvalue weighted by atomic mass is 16.2. The van der Waals surface area contributed by atoms with Crippen molar-refractivity contribution in [3.05, 3.63) is 95.1 Å². The van der Waals surface area contributed by atoms with Gasteiger partial charge in [0.1, 0.15) is 6.04 Å². The number of pyridine rings is 2. The van der Waals surface area contributed by atoms with Gasteiger partial charge in [0.25, 0.3) is 5.91 Å². The van der Waals surface area contributed by atoms with Crippen LogP contribution >= 0.6 is 0 Å². The number of aromatic nitrogens is 2. The van der Waals surface area contributed by atoms with Gasteiger partial charge in [-0.05, 0) is 46.9 Å². The highest BCUT2D eigenvalue weighted by molar-refractivity contribution is 6.05. The van der Waals surface area contributed by atoms with E-state index in [1.54, 1.807) is 17.3 Å². The van der Waals surface area contributed by atoms with Crippen LogP contribution < -0.4 is 5.32 Å². The molecule has 0 radical (unpaired) electrons. The Bertz CT molecular complexity index is 1300. The second-order valence-electron chi connectivity index (χ2n) is 10.1. The van der Waals surface area contributed by atoms with Crippen molar-refractivity contribution in [1.29, 1.82) is 0 Å². The van der Waals surface area contributed by atoms with Gasteiger partial charge in [-0.2, -0.15) is 0 Å². The van der Waals surface area contributed by atoms with E-state index in [-0.39, 0.29) is 30.2 Å². The summed E-state index contributed by atoms with van der Waals surface area (Å²) in [7, 11) is 0. The van der Waals surface area contributed by atoms with Gasteiger partial charge in [0.05, 0.1) is 6.04 Å². The summed E-state index contributed by atoms with van der Waals surface area (Å²) >= 11 is 0. The number of carbonyl (C=O) groups is 3. The molecule has 1 N–H and O–H groups in total. The lowest BCUT2D eigenvalue weighted by Gasteiger charge is -2.39. The average Bonchev–Trinajstić information content (AvgIpc) is 3.28. The third-order valence-corrected chi connectivity index (χ3v) is 7.85. The molecule has 2 aromatic heterocycles. The predicted octanol–water partition coefficient (Wildman–Crippen LogP) is 2.14. The number of hydrogen-bond donors (Lipinski definition) is 1. The molecule has 5 heterocycles. The number of nitrogens with one attached hydrogen (secondary N) is 1. The second kappa shape index (κ2) is 10.4. The molecule has 194 valence electrons. The molecule has 6 rings (SSSR count). The summed E-state index contributed by atoms with van der Waals surface area (Å²) in [5.41, 5.74) is 5.09. The van der Waals surface area contributed by atoms with Crippen molar-refractivity contribution in [2.24, 2.45) is 0 Å². The average molecular weight is 511 g/mol. The number of amides is 3. The maximum atomic E-state index is 13.2. The Morgan fingerprint density at radius 2 is 1.61 bits per heavy atom. The number of imide groups is 1. The molecule has 1 unspecified atom stereocenters. The van der Waals surface area contributed by atoms with Crippen molar-refractivity contribution < 1.29 is 14.4 Å². The van der Waals surface area contributed by atoms with Crippen molar-refractivity contribution in [1.82, 2.24) is 30.0 Å². The molecule has 2 fully saturated rings. The van der Waals surface area contributed by atoms with Gasteiger partial charge >= 0.3 is 0 Å². The van der Waals surface area contributed by atoms with Gasteiger partial charge in [0.2, 0.25) is 11.8 Å². The molecule has 3 aliphatic rings. The Morgan fingerprint density at radius 3 is 2.24 bits per heavy atom. The molecule has 1 aromatic carbocycles. The van der Waals surface area contributed by atoms with E-state index in [4.69, 9.17) is 0 Å². The van der Waals surface area contributed by atoms with E-state index >= 15 is 0 Å². The largest absolute Gasteiger partial charge is 0.322 e. The van der Waals surface area contributed by atoms with Gasteiger partial charge < -0.3 is 4.90 Å². The van der Waals surface area contributed by atoms with Crippen molar-refractivity contribution >= 4 is 17.7 Å². The van der Waals surface area contributed by atoms with Gasteiger partial charge in [-0.3, -0.25) is 39.5 Å². The second-order valence-corrected chi connectivity index (χ2v) is 10.1. The number of benzene rings is 1. The Hall–Kier alpha value is -3.95. The zero-order valence-electron chi connectivity index (χ0n) is 21.1. The molecule has 0 aliphatic carbocycles. The summed E-state index contributed by atoms with van der Waals surface area (Å²) in [4.78, 5) is 52.4. The standard InChI is InChI=1S/C29H30N6O3/c36-26-9-8-25(28(37)32-26)35-19-24-22(4-1-7-23(24)29(35)38)18-33-12-14-34(15-13-33)27(20-5-2-10-30-16-20)21-6-3-11-31-17-21/h1-7,10-11,16-17,25,27H,8-9,12-15,18-19H2,(H,32,36,37). The number of nitrogens with zero attached hydrogens (tertiary/aromatic N) is 5. The first-order valence-corrected chi connectivity index (χ1v) is 13.1. The summed E-state index contributed by atoms with van der Waals surface area (Å²) in [6, 6.07) is 13.6. The lowest BCUT2D eigenvalue weighted by atomic mass is 9.99. The minimum atomic E-state index is -0.596. The molecular formula is C29H30N6O3. The minimum Gasteiger partial charge on any atom is -0.322 e.